The van der Waals surface area contributed by atoms with E-state index in [0.29, 0.717) is 16.3 Å². The molecule has 6 nitrogen and oxygen atoms in total. The Morgan fingerprint density at radius 1 is 1.04 bits per heavy atom. The molecule has 3 aromatic rings. The first-order valence-electron chi connectivity index (χ1n) is 8.46. The third kappa shape index (κ3) is 5.46. The maximum Gasteiger partial charge on any atom is 0.322 e. The second-order valence-corrected chi connectivity index (χ2v) is 6.96. The van der Waals surface area contributed by atoms with Gasteiger partial charge in [0.05, 0.1) is 4.88 Å². The van der Waals surface area contributed by atoms with Gasteiger partial charge >= 0.3 is 6.01 Å². The SMILES string of the molecule is Cc1cc(C)nc(Oc2cccc(NC(=O)CCC(=O)c3cccs3)c2)n1. The number of nitrogens with zero attached hydrogens (tertiary/aromatic N) is 2. The molecule has 0 aliphatic rings. The number of rotatable bonds is 7. The Balaban J connectivity index is 1.58. The summed E-state index contributed by atoms with van der Waals surface area (Å²) < 4.78 is 5.68. The molecule has 7 heteroatoms. The number of anilines is 1. The van der Waals surface area contributed by atoms with Crippen molar-refractivity contribution in [3.05, 3.63) is 64.1 Å². The van der Waals surface area contributed by atoms with Gasteiger partial charge in [-0.05, 0) is 43.5 Å². The number of hydrogen-bond donors (Lipinski definition) is 1. The maximum atomic E-state index is 12.1. The predicted molar refractivity (Wildman–Crippen MR) is 105 cm³/mol. The minimum Gasteiger partial charge on any atom is -0.424 e. The normalized spacial score (nSPS) is 10.4. The van der Waals surface area contributed by atoms with Crippen molar-refractivity contribution in [2.45, 2.75) is 26.7 Å². The molecule has 0 fully saturated rings. The molecule has 2 aromatic heterocycles. The molecule has 0 spiro atoms. The first-order valence-corrected chi connectivity index (χ1v) is 9.34. The number of Topliss-reactive ketones (excluding diaryl/α,β-unsaturated/α-hetero) is 1. The Labute approximate surface area is 161 Å². The second kappa shape index (κ2) is 8.55. The molecule has 1 N–H and O–H groups in total. The van der Waals surface area contributed by atoms with Gasteiger partial charge in [-0.15, -0.1) is 11.3 Å². The van der Waals surface area contributed by atoms with E-state index >= 15 is 0 Å². The van der Waals surface area contributed by atoms with E-state index in [1.165, 1.54) is 11.3 Å². The highest BCUT2D eigenvalue weighted by atomic mass is 32.1. The van der Waals surface area contributed by atoms with Crippen molar-refractivity contribution in [1.29, 1.82) is 0 Å². The predicted octanol–water partition coefficient (Wildman–Crippen LogP) is 4.55. The van der Waals surface area contributed by atoms with Crippen molar-refractivity contribution in [2.75, 3.05) is 5.32 Å². The topological polar surface area (TPSA) is 81.2 Å². The zero-order valence-electron chi connectivity index (χ0n) is 15.1. The molecule has 0 aliphatic carbocycles. The maximum absolute atomic E-state index is 12.1. The summed E-state index contributed by atoms with van der Waals surface area (Å²) in [5.74, 6) is 0.274. The van der Waals surface area contributed by atoms with Crippen LogP contribution in [0, 0.1) is 13.8 Å². The summed E-state index contributed by atoms with van der Waals surface area (Å²) in [6.07, 6.45) is 0.306. The quantitative estimate of drug-likeness (QED) is 0.607. The molecule has 1 amide bonds. The second-order valence-electron chi connectivity index (χ2n) is 6.01. The number of amides is 1. The Kier molecular flexibility index (Phi) is 5.93. The third-order valence-corrected chi connectivity index (χ3v) is 4.57. The van der Waals surface area contributed by atoms with E-state index in [1.807, 2.05) is 31.4 Å². The molecule has 0 radical (unpaired) electrons. The molecule has 0 saturated heterocycles. The Morgan fingerprint density at radius 3 is 2.52 bits per heavy atom. The summed E-state index contributed by atoms with van der Waals surface area (Å²) in [6, 6.07) is 12.7. The molecular weight excluding hydrogens is 362 g/mol. The number of carbonyl (C=O) groups excluding carboxylic acids is 2. The smallest absolute Gasteiger partial charge is 0.322 e. The lowest BCUT2D eigenvalue weighted by Crippen LogP contribution is -2.13. The van der Waals surface area contributed by atoms with Crippen molar-refractivity contribution in [3.8, 4) is 11.8 Å². The van der Waals surface area contributed by atoms with Gasteiger partial charge in [0.2, 0.25) is 5.91 Å². The Hall–Kier alpha value is -3.06. The largest absolute Gasteiger partial charge is 0.424 e. The fraction of sp³-hybridized carbons (Fsp3) is 0.200. The molecule has 27 heavy (non-hydrogen) atoms. The molecule has 138 valence electrons. The molecular formula is C20H19N3O3S. The lowest BCUT2D eigenvalue weighted by atomic mass is 10.2. The molecule has 0 saturated carbocycles. The fourth-order valence-corrected chi connectivity index (χ4v) is 3.19. The fourth-order valence-electron chi connectivity index (χ4n) is 2.49. The summed E-state index contributed by atoms with van der Waals surface area (Å²) in [7, 11) is 0. The standard InChI is InChI=1S/C20H19N3O3S/c1-13-11-14(2)22-20(21-13)26-16-6-3-5-15(12-16)23-19(25)9-8-17(24)18-7-4-10-27-18/h3-7,10-12H,8-9H2,1-2H3,(H,23,25). The van der Waals surface area contributed by atoms with Crippen molar-refractivity contribution in [1.82, 2.24) is 9.97 Å². The van der Waals surface area contributed by atoms with E-state index in [9.17, 15) is 9.59 Å². The van der Waals surface area contributed by atoms with Crippen molar-refractivity contribution < 1.29 is 14.3 Å². The number of benzene rings is 1. The number of aryl methyl sites for hydroxylation is 2. The minimum atomic E-state index is -0.222. The first-order chi connectivity index (χ1) is 13.0. The zero-order chi connectivity index (χ0) is 19.2. The van der Waals surface area contributed by atoms with Crippen molar-refractivity contribution in [3.63, 3.8) is 0 Å². The van der Waals surface area contributed by atoms with E-state index in [-0.39, 0.29) is 30.5 Å². The number of carbonyl (C=O) groups is 2. The summed E-state index contributed by atoms with van der Waals surface area (Å²) in [6.45, 7) is 3.74. The molecule has 0 bridgehead atoms. The van der Waals surface area contributed by atoms with Crippen LogP contribution < -0.4 is 10.1 Å². The number of ether oxygens (including phenoxy) is 1. The third-order valence-electron chi connectivity index (χ3n) is 3.66. The highest BCUT2D eigenvalue weighted by molar-refractivity contribution is 7.12. The van der Waals surface area contributed by atoms with Crippen molar-refractivity contribution >= 4 is 28.7 Å². The summed E-state index contributed by atoms with van der Waals surface area (Å²) in [4.78, 5) is 33.2. The number of thiophene rings is 1. The van der Waals surface area contributed by atoms with Crippen LogP contribution in [-0.2, 0) is 4.79 Å². The van der Waals surface area contributed by atoms with Gasteiger partial charge in [0.1, 0.15) is 5.75 Å². The lowest BCUT2D eigenvalue weighted by molar-refractivity contribution is -0.116. The minimum absolute atomic E-state index is 0.0239. The van der Waals surface area contributed by atoms with Gasteiger partial charge in [0, 0.05) is 36.0 Å². The van der Waals surface area contributed by atoms with Gasteiger partial charge in [-0.3, -0.25) is 9.59 Å². The summed E-state index contributed by atoms with van der Waals surface area (Å²) in [5, 5.41) is 4.63. The lowest BCUT2D eigenvalue weighted by Gasteiger charge is -2.08. The Morgan fingerprint density at radius 2 is 1.81 bits per heavy atom. The van der Waals surface area contributed by atoms with E-state index in [0.717, 1.165) is 11.4 Å². The van der Waals surface area contributed by atoms with Crippen LogP contribution in [0.3, 0.4) is 0 Å². The van der Waals surface area contributed by atoms with Crippen LogP contribution >= 0.6 is 11.3 Å². The average molecular weight is 381 g/mol. The van der Waals surface area contributed by atoms with Crippen LogP contribution in [0.4, 0.5) is 5.69 Å². The molecule has 2 heterocycles. The van der Waals surface area contributed by atoms with E-state index in [2.05, 4.69) is 15.3 Å². The van der Waals surface area contributed by atoms with Gasteiger partial charge in [-0.1, -0.05) is 12.1 Å². The highest BCUT2D eigenvalue weighted by Crippen LogP contribution is 2.22. The van der Waals surface area contributed by atoms with E-state index < -0.39 is 0 Å². The average Bonchev–Trinajstić information content (AvgIpc) is 3.14. The summed E-state index contributed by atoms with van der Waals surface area (Å²) >= 11 is 1.38. The number of aromatic nitrogens is 2. The van der Waals surface area contributed by atoms with E-state index in [4.69, 9.17) is 4.74 Å². The number of nitrogens with one attached hydrogen (secondary N) is 1. The number of ketones is 1. The van der Waals surface area contributed by atoms with Crippen LogP contribution in [0.2, 0.25) is 0 Å². The molecule has 0 aliphatic heterocycles. The van der Waals surface area contributed by atoms with Gasteiger partial charge in [0.25, 0.3) is 0 Å². The molecule has 1 aromatic carbocycles. The molecule has 3 rings (SSSR count). The molecule has 0 unspecified atom stereocenters. The van der Waals surface area contributed by atoms with Gasteiger partial charge in [-0.25, -0.2) is 9.97 Å². The first kappa shape index (κ1) is 18.7. The van der Waals surface area contributed by atoms with Crippen LogP contribution in [0.1, 0.15) is 33.9 Å². The zero-order valence-corrected chi connectivity index (χ0v) is 15.9. The van der Waals surface area contributed by atoms with Gasteiger partial charge in [-0.2, -0.15) is 0 Å². The monoisotopic (exact) mass is 381 g/mol. The van der Waals surface area contributed by atoms with Crippen LogP contribution in [-0.4, -0.2) is 21.7 Å². The highest BCUT2D eigenvalue weighted by Gasteiger charge is 2.11. The van der Waals surface area contributed by atoms with Crippen LogP contribution in [0.5, 0.6) is 11.8 Å². The van der Waals surface area contributed by atoms with Crippen LogP contribution in [0.25, 0.3) is 0 Å². The van der Waals surface area contributed by atoms with Gasteiger partial charge < -0.3 is 10.1 Å². The number of hydrogen-bond acceptors (Lipinski definition) is 6. The Bertz CT molecular complexity index is 935. The van der Waals surface area contributed by atoms with Gasteiger partial charge in [0.15, 0.2) is 5.78 Å². The van der Waals surface area contributed by atoms with Crippen molar-refractivity contribution in [2.24, 2.45) is 0 Å². The van der Waals surface area contributed by atoms with E-state index in [1.54, 1.807) is 30.3 Å². The van der Waals surface area contributed by atoms with Crippen LogP contribution in [0.15, 0.2) is 47.8 Å². The summed E-state index contributed by atoms with van der Waals surface area (Å²) in [5.41, 5.74) is 2.22. The molecule has 0 atom stereocenters.